The molecule has 0 bridgehead atoms. The summed E-state index contributed by atoms with van der Waals surface area (Å²) in [6.45, 7) is 6.96. The number of carbonyl (C=O) groups excluding carboxylic acids is 1. The van der Waals surface area contributed by atoms with Crippen molar-refractivity contribution in [1.29, 1.82) is 0 Å². The van der Waals surface area contributed by atoms with Crippen molar-refractivity contribution in [3.05, 3.63) is 71.9 Å². The van der Waals surface area contributed by atoms with Gasteiger partial charge < -0.3 is 20.1 Å². The molecule has 1 amide bonds. The number of likely N-dealkylation sites (tertiary alicyclic amines) is 1. The van der Waals surface area contributed by atoms with Crippen molar-refractivity contribution in [2.45, 2.75) is 51.8 Å². The fraction of sp³-hybridized carbons (Fsp3) is 0.414. The lowest BCUT2D eigenvalue weighted by Gasteiger charge is -2.28. The minimum Gasteiger partial charge on any atom is -0.508 e. The summed E-state index contributed by atoms with van der Waals surface area (Å²) in [5.41, 5.74) is 2.85. The van der Waals surface area contributed by atoms with E-state index in [-0.39, 0.29) is 24.9 Å². The van der Waals surface area contributed by atoms with Crippen LogP contribution in [0.3, 0.4) is 0 Å². The normalized spacial score (nSPS) is 15.8. The van der Waals surface area contributed by atoms with Gasteiger partial charge in [0.2, 0.25) is 16.0 Å². The first-order chi connectivity index (χ1) is 18.9. The minimum absolute atomic E-state index is 0.183. The number of rotatable bonds is 9. The SMILES string of the molecule is CC(C)(C)OC(=O)N1CCC(N(Cc2cccc(-c3ccnc(NCCc4ccc(O)cc4)n3)c2)S(C)(=O)=O)C1. The van der Waals surface area contributed by atoms with Gasteiger partial charge in [0, 0.05) is 44.0 Å². The van der Waals surface area contributed by atoms with E-state index < -0.39 is 21.7 Å². The number of benzene rings is 2. The number of sulfonamides is 1. The van der Waals surface area contributed by atoms with Crippen LogP contribution in [0.15, 0.2) is 60.8 Å². The summed E-state index contributed by atoms with van der Waals surface area (Å²) in [6.07, 6.45) is 3.74. The van der Waals surface area contributed by atoms with Gasteiger partial charge in [-0.3, -0.25) is 0 Å². The number of carbonyl (C=O) groups is 1. The van der Waals surface area contributed by atoms with Gasteiger partial charge in [-0.15, -0.1) is 0 Å². The zero-order chi connectivity index (χ0) is 28.9. The maximum atomic E-state index is 12.8. The number of nitrogens with one attached hydrogen (secondary N) is 1. The van der Waals surface area contributed by atoms with Gasteiger partial charge in [-0.2, -0.15) is 4.31 Å². The summed E-state index contributed by atoms with van der Waals surface area (Å²) >= 11 is 0. The number of hydrogen-bond acceptors (Lipinski definition) is 8. The van der Waals surface area contributed by atoms with Crippen molar-refractivity contribution >= 4 is 22.1 Å². The van der Waals surface area contributed by atoms with Crippen LogP contribution in [-0.4, -0.2) is 76.3 Å². The zero-order valence-electron chi connectivity index (χ0n) is 23.4. The third-order valence-electron chi connectivity index (χ3n) is 6.50. The molecule has 1 aliphatic rings. The molecule has 1 aromatic heterocycles. The van der Waals surface area contributed by atoms with E-state index in [9.17, 15) is 18.3 Å². The lowest BCUT2D eigenvalue weighted by atomic mass is 10.1. The smallest absolute Gasteiger partial charge is 0.410 e. The maximum absolute atomic E-state index is 12.8. The van der Waals surface area contributed by atoms with E-state index in [2.05, 4.69) is 15.3 Å². The quantitative estimate of drug-likeness (QED) is 0.393. The van der Waals surface area contributed by atoms with Crippen molar-refractivity contribution in [3.63, 3.8) is 0 Å². The number of aromatic hydroxyl groups is 1. The monoisotopic (exact) mass is 567 g/mol. The summed E-state index contributed by atoms with van der Waals surface area (Å²) in [5.74, 6) is 0.730. The van der Waals surface area contributed by atoms with Crippen LogP contribution in [0.4, 0.5) is 10.7 Å². The van der Waals surface area contributed by atoms with Gasteiger partial charge >= 0.3 is 6.09 Å². The molecule has 11 heteroatoms. The highest BCUT2D eigenvalue weighted by Gasteiger charge is 2.36. The number of nitrogens with zero attached hydrogens (tertiary/aromatic N) is 4. The number of hydrogen-bond donors (Lipinski definition) is 2. The Bertz CT molecular complexity index is 1420. The van der Waals surface area contributed by atoms with Crippen LogP contribution in [0.25, 0.3) is 11.3 Å². The lowest BCUT2D eigenvalue weighted by Crippen LogP contribution is -2.42. The van der Waals surface area contributed by atoms with Crippen LogP contribution in [0, 0.1) is 0 Å². The van der Waals surface area contributed by atoms with Gasteiger partial charge in [-0.1, -0.05) is 30.3 Å². The van der Waals surface area contributed by atoms with E-state index in [1.54, 1.807) is 23.2 Å². The van der Waals surface area contributed by atoms with Crippen molar-refractivity contribution in [2.24, 2.45) is 0 Å². The third-order valence-corrected chi connectivity index (χ3v) is 7.78. The van der Waals surface area contributed by atoms with Crippen LogP contribution in [0.1, 0.15) is 38.3 Å². The Balaban J connectivity index is 1.43. The van der Waals surface area contributed by atoms with Crippen LogP contribution < -0.4 is 5.32 Å². The number of aromatic nitrogens is 2. The largest absolute Gasteiger partial charge is 0.508 e. The Morgan fingerprint density at radius 3 is 2.60 bits per heavy atom. The number of amides is 1. The third kappa shape index (κ3) is 8.15. The molecule has 10 nitrogen and oxygen atoms in total. The second-order valence-corrected chi connectivity index (χ2v) is 12.9. The summed E-state index contributed by atoms with van der Waals surface area (Å²) in [6, 6.07) is 16.2. The van der Waals surface area contributed by atoms with E-state index in [1.807, 2.05) is 63.2 Å². The molecule has 214 valence electrons. The van der Waals surface area contributed by atoms with Gasteiger partial charge in [0.1, 0.15) is 11.4 Å². The molecule has 1 saturated heterocycles. The second kappa shape index (κ2) is 12.2. The summed E-state index contributed by atoms with van der Waals surface area (Å²) in [5, 5.41) is 12.7. The Hall–Kier alpha value is -3.70. The fourth-order valence-electron chi connectivity index (χ4n) is 4.58. The van der Waals surface area contributed by atoms with E-state index in [1.165, 1.54) is 10.6 Å². The Morgan fingerprint density at radius 1 is 1.15 bits per heavy atom. The molecule has 3 aromatic rings. The standard InChI is InChI=1S/C29H37N5O5S/c1-29(2,3)39-28(36)33-17-14-24(20-33)34(40(4,37)38)19-22-6-5-7-23(18-22)26-13-16-31-27(32-26)30-15-12-21-8-10-25(35)11-9-21/h5-11,13,16,18,24,35H,12,14-15,17,19-20H2,1-4H3,(H,30,31,32). The molecular weight excluding hydrogens is 530 g/mol. The molecule has 40 heavy (non-hydrogen) atoms. The molecule has 1 unspecified atom stereocenters. The molecular formula is C29H37N5O5S. The molecule has 1 aliphatic heterocycles. The number of anilines is 1. The van der Waals surface area contributed by atoms with Crippen LogP contribution in [-0.2, 0) is 27.7 Å². The summed E-state index contributed by atoms with van der Waals surface area (Å²) in [4.78, 5) is 23.1. The van der Waals surface area contributed by atoms with Crippen molar-refractivity contribution in [1.82, 2.24) is 19.2 Å². The molecule has 0 saturated carbocycles. The van der Waals surface area contributed by atoms with Crippen molar-refractivity contribution in [3.8, 4) is 17.0 Å². The van der Waals surface area contributed by atoms with Gasteiger partial charge in [0.05, 0.1) is 11.9 Å². The van der Waals surface area contributed by atoms with E-state index in [4.69, 9.17) is 4.74 Å². The first-order valence-corrected chi connectivity index (χ1v) is 15.1. The molecule has 2 heterocycles. The highest BCUT2D eigenvalue weighted by Crippen LogP contribution is 2.25. The predicted octanol–water partition coefficient (Wildman–Crippen LogP) is 4.27. The van der Waals surface area contributed by atoms with Gasteiger partial charge in [-0.05, 0) is 69.0 Å². The van der Waals surface area contributed by atoms with Crippen LogP contribution in [0.2, 0.25) is 0 Å². The molecule has 0 radical (unpaired) electrons. The maximum Gasteiger partial charge on any atom is 0.410 e. The summed E-state index contributed by atoms with van der Waals surface area (Å²) in [7, 11) is -3.55. The van der Waals surface area contributed by atoms with Crippen LogP contribution >= 0.6 is 0 Å². The topological polar surface area (TPSA) is 125 Å². The van der Waals surface area contributed by atoms with Gasteiger partial charge in [-0.25, -0.2) is 23.2 Å². The Labute approximate surface area is 236 Å². The first-order valence-electron chi connectivity index (χ1n) is 13.3. The Morgan fingerprint density at radius 2 is 1.90 bits per heavy atom. The molecule has 2 aromatic carbocycles. The number of phenols is 1. The van der Waals surface area contributed by atoms with Crippen molar-refractivity contribution < 1.29 is 23.1 Å². The second-order valence-electron chi connectivity index (χ2n) is 11.0. The molecule has 2 N–H and O–H groups in total. The average molecular weight is 568 g/mol. The Kier molecular flexibility index (Phi) is 8.95. The minimum atomic E-state index is -3.55. The molecule has 0 aliphatic carbocycles. The van der Waals surface area contributed by atoms with E-state index in [0.717, 1.165) is 23.1 Å². The van der Waals surface area contributed by atoms with E-state index in [0.29, 0.717) is 31.2 Å². The molecule has 4 rings (SSSR count). The van der Waals surface area contributed by atoms with Crippen molar-refractivity contribution in [2.75, 3.05) is 31.2 Å². The van der Waals surface area contributed by atoms with Crippen LogP contribution in [0.5, 0.6) is 5.75 Å². The zero-order valence-corrected chi connectivity index (χ0v) is 24.2. The van der Waals surface area contributed by atoms with Gasteiger partial charge in [0.25, 0.3) is 0 Å². The molecule has 1 fully saturated rings. The number of ether oxygens (including phenoxy) is 1. The fourth-order valence-corrected chi connectivity index (χ4v) is 5.68. The molecule has 0 spiro atoms. The average Bonchev–Trinajstić information content (AvgIpc) is 3.37. The molecule has 1 atom stereocenters. The lowest BCUT2D eigenvalue weighted by molar-refractivity contribution is 0.0286. The summed E-state index contributed by atoms with van der Waals surface area (Å²) < 4.78 is 32.5. The highest BCUT2D eigenvalue weighted by atomic mass is 32.2. The number of phenolic OH excluding ortho intramolecular Hbond substituents is 1. The van der Waals surface area contributed by atoms with E-state index >= 15 is 0 Å². The highest BCUT2D eigenvalue weighted by molar-refractivity contribution is 7.88. The predicted molar refractivity (Wildman–Crippen MR) is 154 cm³/mol. The first kappa shape index (κ1) is 29.3. The van der Waals surface area contributed by atoms with Gasteiger partial charge in [0.15, 0.2) is 0 Å².